The Hall–Kier alpha value is -1.04. The molecule has 0 radical (unpaired) electrons. The number of nitrogens with zero attached hydrogens (tertiary/aromatic N) is 2. The van der Waals surface area contributed by atoms with E-state index in [2.05, 4.69) is 17.2 Å². The molecule has 1 saturated carbocycles. The first-order valence-corrected chi connectivity index (χ1v) is 7.74. The molecule has 1 N–H and O–H groups in total. The van der Waals surface area contributed by atoms with Crippen molar-refractivity contribution in [1.82, 2.24) is 14.9 Å². The zero-order chi connectivity index (χ0) is 15.5. The van der Waals surface area contributed by atoms with Gasteiger partial charge in [-0.2, -0.15) is 13.2 Å². The van der Waals surface area contributed by atoms with Gasteiger partial charge in [0.15, 0.2) is 0 Å². The molecular weight excluding hydrogens is 279 g/mol. The van der Waals surface area contributed by atoms with E-state index in [4.69, 9.17) is 0 Å². The van der Waals surface area contributed by atoms with E-state index in [0.29, 0.717) is 12.8 Å². The van der Waals surface area contributed by atoms with E-state index in [0.717, 1.165) is 25.2 Å². The summed E-state index contributed by atoms with van der Waals surface area (Å²) in [5.74, 6) is -0.919. The molecule has 1 aromatic heterocycles. The maximum atomic E-state index is 13.3. The largest absolute Gasteiger partial charge is 0.392 e. The Morgan fingerprint density at radius 3 is 2.71 bits per heavy atom. The summed E-state index contributed by atoms with van der Waals surface area (Å²) >= 11 is 0. The summed E-state index contributed by atoms with van der Waals surface area (Å²) in [5.41, 5.74) is 0. The van der Waals surface area contributed by atoms with Gasteiger partial charge in [0, 0.05) is 18.9 Å². The number of hydrogen-bond donors (Lipinski definition) is 1. The molecule has 0 saturated heterocycles. The molecule has 21 heavy (non-hydrogen) atoms. The summed E-state index contributed by atoms with van der Waals surface area (Å²) in [6.07, 6.45) is 2.73. The second-order valence-electron chi connectivity index (χ2n) is 5.84. The van der Waals surface area contributed by atoms with Crippen molar-refractivity contribution in [3.63, 3.8) is 0 Å². The Kier molecular flexibility index (Phi) is 5.30. The van der Waals surface area contributed by atoms with Crippen LogP contribution in [0.4, 0.5) is 13.2 Å². The predicted octanol–water partition coefficient (Wildman–Crippen LogP) is 3.92. The van der Waals surface area contributed by atoms with Crippen LogP contribution in [-0.4, -0.2) is 22.8 Å². The van der Waals surface area contributed by atoms with Crippen LogP contribution in [0.25, 0.3) is 0 Å². The van der Waals surface area contributed by atoms with Crippen molar-refractivity contribution < 1.29 is 13.2 Å². The Bertz CT molecular complexity index is 442. The molecule has 2 rings (SSSR count). The highest BCUT2D eigenvalue weighted by molar-refractivity contribution is 5.04. The zero-order valence-electron chi connectivity index (χ0n) is 12.7. The van der Waals surface area contributed by atoms with Gasteiger partial charge >= 0.3 is 6.18 Å². The third kappa shape index (κ3) is 3.59. The smallest absolute Gasteiger partial charge is 0.334 e. The summed E-state index contributed by atoms with van der Waals surface area (Å²) in [6.45, 7) is 2.84. The molecule has 1 aliphatic carbocycles. The molecule has 1 heterocycles. The van der Waals surface area contributed by atoms with Gasteiger partial charge in [-0.15, -0.1) is 0 Å². The zero-order valence-corrected chi connectivity index (χ0v) is 12.7. The number of nitrogens with one attached hydrogen (secondary N) is 1. The fraction of sp³-hybridized carbons (Fsp3) is 0.800. The molecule has 6 heteroatoms. The molecule has 0 spiro atoms. The van der Waals surface area contributed by atoms with Gasteiger partial charge in [-0.05, 0) is 32.2 Å². The summed E-state index contributed by atoms with van der Waals surface area (Å²) < 4.78 is 41.9. The first-order valence-electron chi connectivity index (χ1n) is 7.74. The quantitative estimate of drug-likeness (QED) is 0.893. The van der Waals surface area contributed by atoms with Gasteiger partial charge in [0.1, 0.15) is 5.82 Å². The molecule has 0 amide bonds. The molecule has 120 valence electrons. The number of alkyl halides is 3. The van der Waals surface area contributed by atoms with Crippen LogP contribution in [0.5, 0.6) is 0 Å². The van der Waals surface area contributed by atoms with E-state index in [1.54, 1.807) is 13.2 Å². The molecule has 1 aromatic rings. The van der Waals surface area contributed by atoms with E-state index < -0.39 is 18.0 Å². The lowest BCUT2D eigenvalue weighted by atomic mass is 9.74. The molecular formula is C15H24F3N3. The van der Waals surface area contributed by atoms with Gasteiger partial charge in [-0.25, -0.2) is 4.98 Å². The molecule has 1 aliphatic rings. The van der Waals surface area contributed by atoms with Crippen molar-refractivity contribution in [1.29, 1.82) is 0 Å². The van der Waals surface area contributed by atoms with Gasteiger partial charge in [-0.1, -0.05) is 19.8 Å². The molecule has 3 nitrogen and oxygen atoms in total. The molecule has 3 unspecified atom stereocenters. The number of imidazole rings is 1. The fourth-order valence-electron chi connectivity index (χ4n) is 3.53. The normalized spacial score (nSPS) is 25.0. The van der Waals surface area contributed by atoms with Gasteiger partial charge in [0.25, 0.3) is 0 Å². The summed E-state index contributed by atoms with van der Waals surface area (Å²) in [4.78, 5) is 4.33. The van der Waals surface area contributed by atoms with Crippen LogP contribution in [0, 0.1) is 11.8 Å². The van der Waals surface area contributed by atoms with Gasteiger partial charge < -0.3 is 9.88 Å². The molecule has 0 aromatic carbocycles. The van der Waals surface area contributed by atoms with Crippen molar-refractivity contribution in [2.24, 2.45) is 11.8 Å². The van der Waals surface area contributed by atoms with Crippen LogP contribution in [0.15, 0.2) is 12.4 Å². The standard InChI is InChI=1S/C15H24F3N3/c1-3-9-21-10-8-20-14(21)13(19-2)11-6-4-5-7-12(11)15(16,17)18/h8,10-13,19H,3-7,9H2,1-2H3. The highest BCUT2D eigenvalue weighted by Crippen LogP contribution is 2.46. The van der Waals surface area contributed by atoms with Crippen molar-refractivity contribution in [3.05, 3.63) is 18.2 Å². The summed E-state index contributed by atoms with van der Waals surface area (Å²) in [5, 5.41) is 3.09. The second-order valence-corrected chi connectivity index (χ2v) is 5.84. The van der Waals surface area contributed by atoms with Crippen LogP contribution >= 0.6 is 0 Å². The minimum absolute atomic E-state index is 0.237. The number of halogens is 3. The lowest BCUT2D eigenvalue weighted by Crippen LogP contribution is -2.40. The van der Waals surface area contributed by atoms with E-state index >= 15 is 0 Å². The van der Waals surface area contributed by atoms with Crippen molar-refractivity contribution in [2.45, 2.75) is 57.8 Å². The average Bonchev–Trinajstić information content (AvgIpc) is 2.88. The highest BCUT2D eigenvalue weighted by Gasteiger charge is 2.48. The first kappa shape index (κ1) is 16.3. The SMILES string of the molecule is CCCn1ccnc1C(NC)C1CCCCC1C(F)(F)F. The monoisotopic (exact) mass is 303 g/mol. The Labute approximate surface area is 123 Å². The maximum absolute atomic E-state index is 13.3. The lowest BCUT2D eigenvalue weighted by molar-refractivity contribution is -0.199. The Balaban J connectivity index is 2.27. The summed E-state index contributed by atoms with van der Waals surface area (Å²) in [7, 11) is 1.73. The predicted molar refractivity (Wildman–Crippen MR) is 75.8 cm³/mol. The van der Waals surface area contributed by atoms with Crippen molar-refractivity contribution in [2.75, 3.05) is 7.05 Å². The first-order chi connectivity index (χ1) is 9.99. The maximum Gasteiger partial charge on any atom is 0.392 e. The second kappa shape index (κ2) is 6.81. The van der Waals surface area contributed by atoms with E-state index in [9.17, 15) is 13.2 Å². The van der Waals surface area contributed by atoms with Gasteiger partial charge in [-0.3, -0.25) is 0 Å². The Morgan fingerprint density at radius 2 is 2.10 bits per heavy atom. The van der Waals surface area contributed by atoms with E-state index in [1.807, 2.05) is 10.8 Å². The number of aryl methyl sites for hydroxylation is 1. The Morgan fingerprint density at radius 1 is 1.38 bits per heavy atom. The average molecular weight is 303 g/mol. The topological polar surface area (TPSA) is 29.9 Å². The van der Waals surface area contributed by atoms with Crippen LogP contribution in [-0.2, 0) is 6.54 Å². The highest BCUT2D eigenvalue weighted by atomic mass is 19.4. The van der Waals surface area contributed by atoms with Crippen LogP contribution < -0.4 is 5.32 Å². The molecule has 0 aliphatic heterocycles. The number of rotatable bonds is 5. The van der Waals surface area contributed by atoms with Crippen LogP contribution in [0.1, 0.15) is 50.9 Å². The third-order valence-corrected chi connectivity index (χ3v) is 4.47. The van der Waals surface area contributed by atoms with Crippen molar-refractivity contribution in [3.8, 4) is 0 Å². The van der Waals surface area contributed by atoms with Gasteiger partial charge in [0.05, 0.1) is 12.0 Å². The van der Waals surface area contributed by atoms with E-state index in [-0.39, 0.29) is 12.5 Å². The number of aromatic nitrogens is 2. The minimum atomic E-state index is -4.12. The lowest BCUT2D eigenvalue weighted by Gasteiger charge is -2.37. The number of hydrogen-bond acceptors (Lipinski definition) is 2. The summed E-state index contributed by atoms with van der Waals surface area (Å²) in [6, 6.07) is -0.335. The fourth-order valence-corrected chi connectivity index (χ4v) is 3.53. The third-order valence-electron chi connectivity index (χ3n) is 4.47. The van der Waals surface area contributed by atoms with Crippen LogP contribution in [0.2, 0.25) is 0 Å². The van der Waals surface area contributed by atoms with Crippen molar-refractivity contribution >= 4 is 0 Å². The molecule has 0 bridgehead atoms. The van der Waals surface area contributed by atoms with E-state index in [1.165, 1.54) is 0 Å². The minimum Gasteiger partial charge on any atom is -0.334 e. The van der Waals surface area contributed by atoms with Gasteiger partial charge in [0.2, 0.25) is 0 Å². The molecule has 3 atom stereocenters. The molecule has 1 fully saturated rings. The van der Waals surface area contributed by atoms with Crippen LogP contribution in [0.3, 0.4) is 0 Å².